The van der Waals surface area contributed by atoms with Crippen molar-refractivity contribution >= 4 is 21.7 Å². The average molecular weight is 296 g/mol. The highest BCUT2D eigenvalue weighted by molar-refractivity contribution is 9.10. The van der Waals surface area contributed by atoms with Gasteiger partial charge in [-0.25, -0.2) is 0 Å². The summed E-state index contributed by atoms with van der Waals surface area (Å²) in [7, 11) is 0. The maximum absolute atomic E-state index is 10.1. The van der Waals surface area contributed by atoms with Crippen LogP contribution in [0.1, 0.15) is 25.3 Å². The summed E-state index contributed by atoms with van der Waals surface area (Å²) >= 11 is 3.35. The summed E-state index contributed by atoms with van der Waals surface area (Å²) in [6, 6.07) is 3.85. The largest absolute Gasteiger partial charge is 0.506 e. The molecule has 1 aromatic heterocycles. The topological polar surface area (TPSA) is 74.9 Å². The highest BCUT2D eigenvalue weighted by Crippen LogP contribution is 2.39. The van der Waals surface area contributed by atoms with Crippen LogP contribution in [0.25, 0.3) is 11.1 Å². The fourth-order valence-electron chi connectivity index (χ4n) is 1.67. The third-order valence-corrected chi connectivity index (χ3v) is 3.32. The molecule has 2 aromatic rings. The van der Waals surface area contributed by atoms with Crippen LogP contribution in [0.15, 0.2) is 22.8 Å². The minimum atomic E-state index is 0.183. The molecule has 0 bridgehead atoms. The summed E-state index contributed by atoms with van der Waals surface area (Å²) < 4.78 is 0.666. The number of nitrogen functional groups attached to an aromatic ring is 1. The number of nitrogens with zero attached hydrogens (tertiary/aromatic N) is 1. The lowest BCUT2D eigenvalue weighted by Gasteiger charge is -2.11. The number of aromatic hydroxyl groups is 1. The molecule has 4 N–H and O–H groups in total. The van der Waals surface area contributed by atoms with E-state index in [1.54, 1.807) is 6.20 Å². The number of phenolic OH excluding ortho intramolecular Hbond substituents is 1. The number of aromatic nitrogens is 2. The minimum absolute atomic E-state index is 0.183. The molecule has 0 aliphatic heterocycles. The molecule has 0 aliphatic carbocycles. The molecule has 0 radical (unpaired) electrons. The Labute approximate surface area is 108 Å². The highest BCUT2D eigenvalue weighted by atomic mass is 79.9. The van der Waals surface area contributed by atoms with Gasteiger partial charge in [0.1, 0.15) is 11.6 Å². The summed E-state index contributed by atoms with van der Waals surface area (Å²) in [6.07, 6.45) is 1.61. The van der Waals surface area contributed by atoms with Crippen molar-refractivity contribution < 1.29 is 5.11 Å². The molecule has 0 amide bonds. The number of hydrogen-bond donors (Lipinski definition) is 3. The van der Waals surface area contributed by atoms with Crippen molar-refractivity contribution in [3.8, 4) is 16.9 Å². The number of hydrogen-bond acceptors (Lipinski definition) is 3. The molecule has 0 saturated carbocycles. The van der Waals surface area contributed by atoms with Gasteiger partial charge in [-0.05, 0) is 39.5 Å². The molecule has 0 atom stereocenters. The summed E-state index contributed by atoms with van der Waals surface area (Å²) in [5.74, 6) is 1.01. The van der Waals surface area contributed by atoms with Crippen molar-refractivity contribution in [3.63, 3.8) is 0 Å². The van der Waals surface area contributed by atoms with Gasteiger partial charge in [0.15, 0.2) is 0 Å². The van der Waals surface area contributed by atoms with Crippen LogP contribution in [-0.4, -0.2) is 15.3 Å². The monoisotopic (exact) mass is 295 g/mol. The molecule has 2 rings (SSSR count). The zero-order valence-corrected chi connectivity index (χ0v) is 11.2. The number of nitrogens with two attached hydrogens (primary N) is 1. The first-order valence-electron chi connectivity index (χ1n) is 5.32. The maximum atomic E-state index is 10.1. The molecule has 0 unspecified atom stereocenters. The van der Waals surface area contributed by atoms with Gasteiger partial charge in [0.2, 0.25) is 0 Å². The van der Waals surface area contributed by atoms with E-state index >= 15 is 0 Å². The van der Waals surface area contributed by atoms with Gasteiger partial charge in [0.25, 0.3) is 0 Å². The van der Waals surface area contributed by atoms with Crippen LogP contribution in [-0.2, 0) is 0 Å². The maximum Gasteiger partial charge on any atom is 0.137 e. The van der Waals surface area contributed by atoms with Gasteiger partial charge in [-0.3, -0.25) is 5.10 Å². The van der Waals surface area contributed by atoms with Crippen molar-refractivity contribution in [1.29, 1.82) is 0 Å². The Morgan fingerprint density at radius 3 is 2.59 bits per heavy atom. The van der Waals surface area contributed by atoms with Crippen LogP contribution >= 0.6 is 15.9 Å². The second-order valence-electron chi connectivity index (χ2n) is 4.25. The number of rotatable bonds is 2. The standard InChI is InChI=1S/C12H14BrN3O/c1-6(2)7-3-8(11(17)10(13)4-7)9-5-15-16-12(9)14/h3-6,17H,1-2H3,(H3,14,15,16). The SMILES string of the molecule is CC(C)c1cc(Br)c(O)c(-c2cn[nH]c2N)c1. The molecule has 4 nitrogen and oxygen atoms in total. The zero-order chi connectivity index (χ0) is 12.6. The quantitative estimate of drug-likeness (QED) is 0.796. The van der Waals surface area contributed by atoms with Crippen LogP contribution in [0, 0.1) is 0 Å². The van der Waals surface area contributed by atoms with E-state index in [1.807, 2.05) is 12.1 Å². The number of H-pyrrole nitrogens is 1. The van der Waals surface area contributed by atoms with Crippen LogP contribution in [0.3, 0.4) is 0 Å². The van der Waals surface area contributed by atoms with Gasteiger partial charge in [-0.2, -0.15) is 5.10 Å². The smallest absolute Gasteiger partial charge is 0.137 e. The van der Waals surface area contributed by atoms with E-state index in [9.17, 15) is 5.11 Å². The first kappa shape index (κ1) is 12.0. The number of halogens is 1. The van der Waals surface area contributed by atoms with Crippen LogP contribution in [0.2, 0.25) is 0 Å². The summed E-state index contributed by atoms with van der Waals surface area (Å²) in [5, 5.41) is 16.6. The van der Waals surface area contributed by atoms with E-state index in [0.717, 1.165) is 5.56 Å². The lowest BCUT2D eigenvalue weighted by Crippen LogP contribution is -1.92. The summed E-state index contributed by atoms with van der Waals surface area (Å²) in [4.78, 5) is 0. The number of nitrogens with one attached hydrogen (secondary N) is 1. The molecular formula is C12H14BrN3O. The number of phenols is 1. The van der Waals surface area contributed by atoms with Gasteiger partial charge < -0.3 is 10.8 Å². The fourth-order valence-corrected chi connectivity index (χ4v) is 2.15. The number of anilines is 1. The first-order valence-corrected chi connectivity index (χ1v) is 6.11. The fraction of sp³-hybridized carbons (Fsp3) is 0.250. The Bertz CT molecular complexity index is 549. The second-order valence-corrected chi connectivity index (χ2v) is 5.11. The lowest BCUT2D eigenvalue weighted by atomic mass is 9.97. The molecule has 0 aliphatic rings. The van der Waals surface area contributed by atoms with Crippen molar-refractivity contribution in [2.24, 2.45) is 0 Å². The van der Waals surface area contributed by atoms with Gasteiger partial charge in [0.05, 0.1) is 10.7 Å². The molecule has 5 heteroatoms. The van der Waals surface area contributed by atoms with Crippen molar-refractivity contribution in [2.75, 3.05) is 5.73 Å². The van der Waals surface area contributed by atoms with Gasteiger partial charge >= 0.3 is 0 Å². The van der Waals surface area contributed by atoms with Crippen LogP contribution < -0.4 is 5.73 Å². The zero-order valence-electron chi connectivity index (χ0n) is 9.66. The molecular weight excluding hydrogens is 282 g/mol. The first-order chi connectivity index (χ1) is 8.00. The second kappa shape index (κ2) is 4.41. The van der Waals surface area contributed by atoms with Crippen molar-refractivity contribution in [1.82, 2.24) is 10.2 Å². The van der Waals surface area contributed by atoms with Crippen molar-refractivity contribution in [3.05, 3.63) is 28.4 Å². The molecule has 1 aromatic carbocycles. The lowest BCUT2D eigenvalue weighted by molar-refractivity contribution is 0.473. The van der Waals surface area contributed by atoms with E-state index in [-0.39, 0.29) is 5.75 Å². The Morgan fingerprint density at radius 1 is 1.35 bits per heavy atom. The van der Waals surface area contributed by atoms with Gasteiger partial charge in [0, 0.05) is 11.1 Å². The molecule has 17 heavy (non-hydrogen) atoms. The van der Waals surface area contributed by atoms with E-state index < -0.39 is 0 Å². The molecule has 0 fully saturated rings. The van der Waals surface area contributed by atoms with E-state index in [2.05, 4.69) is 40.0 Å². The summed E-state index contributed by atoms with van der Waals surface area (Å²) in [6.45, 7) is 4.20. The highest BCUT2D eigenvalue weighted by Gasteiger charge is 2.14. The number of aromatic amines is 1. The van der Waals surface area contributed by atoms with Gasteiger partial charge in [-0.15, -0.1) is 0 Å². The Balaban J connectivity index is 2.65. The molecule has 0 spiro atoms. The van der Waals surface area contributed by atoms with Crippen molar-refractivity contribution in [2.45, 2.75) is 19.8 Å². The van der Waals surface area contributed by atoms with E-state index in [0.29, 0.717) is 27.3 Å². The third kappa shape index (κ3) is 2.15. The normalized spacial score (nSPS) is 11.1. The van der Waals surface area contributed by atoms with E-state index in [4.69, 9.17) is 5.73 Å². The Kier molecular flexibility index (Phi) is 3.11. The molecule has 90 valence electrons. The molecule has 0 saturated heterocycles. The molecule has 1 heterocycles. The number of benzene rings is 1. The predicted molar refractivity (Wildman–Crippen MR) is 71.9 cm³/mol. The Hall–Kier alpha value is -1.49. The van der Waals surface area contributed by atoms with Crippen LogP contribution in [0.4, 0.5) is 5.82 Å². The Morgan fingerprint density at radius 2 is 2.06 bits per heavy atom. The average Bonchev–Trinajstić information content (AvgIpc) is 2.68. The summed E-state index contributed by atoms with van der Waals surface area (Å²) in [5.41, 5.74) is 8.31. The van der Waals surface area contributed by atoms with Crippen LogP contribution in [0.5, 0.6) is 5.75 Å². The third-order valence-electron chi connectivity index (χ3n) is 2.71. The minimum Gasteiger partial charge on any atom is -0.506 e. The predicted octanol–water partition coefficient (Wildman–Crippen LogP) is 3.25. The van der Waals surface area contributed by atoms with Gasteiger partial charge in [-0.1, -0.05) is 13.8 Å². The van der Waals surface area contributed by atoms with E-state index in [1.165, 1.54) is 0 Å².